The molecule has 3 rings (SSSR count). The van der Waals surface area contributed by atoms with E-state index in [4.69, 9.17) is 0 Å². The maximum absolute atomic E-state index is 12.2. The average molecular weight is 287 g/mol. The zero-order valence-corrected chi connectivity index (χ0v) is 12.3. The van der Waals surface area contributed by atoms with E-state index in [9.17, 15) is 4.79 Å². The highest BCUT2D eigenvalue weighted by atomic mass is 32.1. The monoisotopic (exact) mass is 287 g/mol. The number of aromatic nitrogens is 1. The van der Waals surface area contributed by atoms with Crippen molar-refractivity contribution in [1.29, 1.82) is 0 Å². The van der Waals surface area contributed by atoms with Gasteiger partial charge in [0, 0.05) is 37.2 Å². The minimum atomic E-state index is 0.0516. The predicted molar refractivity (Wildman–Crippen MR) is 81.4 cm³/mol. The van der Waals surface area contributed by atoms with Gasteiger partial charge in [-0.25, -0.2) is 4.98 Å². The molecule has 0 aliphatic carbocycles. The molecule has 1 amide bonds. The number of piperazine rings is 1. The van der Waals surface area contributed by atoms with Crippen LogP contribution in [-0.2, 0) is 0 Å². The van der Waals surface area contributed by atoms with Crippen molar-refractivity contribution in [2.24, 2.45) is 0 Å². The SMILES string of the molecule is Cc1ccccc1N1CCN(C(=O)c2cscn2)CC1. The summed E-state index contributed by atoms with van der Waals surface area (Å²) in [6.45, 7) is 5.39. The third kappa shape index (κ3) is 2.54. The predicted octanol–water partition coefficient (Wildman–Crippen LogP) is 2.41. The molecule has 4 nitrogen and oxygen atoms in total. The third-order valence-electron chi connectivity index (χ3n) is 3.67. The van der Waals surface area contributed by atoms with Gasteiger partial charge >= 0.3 is 0 Å². The molecule has 0 bridgehead atoms. The normalized spacial score (nSPS) is 15.4. The number of anilines is 1. The molecule has 1 fully saturated rings. The summed E-state index contributed by atoms with van der Waals surface area (Å²) in [5.41, 5.74) is 4.83. The molecule has 104 valence electrons. The molecule has 1 saturated heterocycles. The van der Waals surface area contributed by atoms with Gasteiger partial charge in [-0.2, -0.15) is 0 Å². The zero-order chi connectivity index (χ0) is 13.9. The minimum absolute atomic E-state index is 0.0516. The molecule has 1 aliphatic rings. The van der Waals surface area contributed by atoms with Gasteiger partial charge in [-0.3, -0.25) is 4.79 Å². The molecule has 1 aromatic carbocycles. The number of carbonyl (C=O) groups is 1. The summed E-state index contributed by atoms with van der Waals surface area (Å²) in [4.78, 5) is 20.6. The van der Waals surface area contributed by atoms with Gasteiger partial charge in [0.25, 0.3) is 5.91 Å². The zero-order valence-electron chi connectivity index (χ0n) is 11.5. The Labute approximate surface area is 122 Å². The summed E-state index contributed by atoms with van der Waals surface area (Å²) in [5, 5.41) is 1.82. The maximum atomic E-state index is 12.2. The number of hydrogen-bond donors (Lipinski definition) is 0. The van der Waals surface area contributed by atoms with Crippen molar-refractivity contribution in [1.82, 2.24) is 9.88 Å². The topological polar surface area (TPSA) is 36.4 Å². The summed E-state index contributed by atoms with van der Waals surface area (Å²) >= 11 is 1.46. The highest BCUT2D eigenvalue weighted by Crippen LogP contribution is 2.21. The van der Waals surface area contributed by atoms with Gasteiger partial charge in [-0.05, 0) is 18.6 Å². The van der Waals surface area contributed by atoms with E-state index < -0.39 is 0 Å². The Bertz CT molecular complexity index is 589. The van der Waals surface area contributed by atoms with Gasteiger partial charge in [0.2, 0.25) is 0 Å². The van der Waals surface area contributed by atoms with Crippen molar-refractivity contribution >= 4 is 22.9 Å². The Morgan fingerprint density at radius 1 is 1.20 bits per heavy atom. The fourth-order valence-corrected chi connectivity index (χ4v) is 3.07. The van der Waals surface area contributed by atoms with Crippen molar-refractivity contribution < 1.29 is 4.79 Å². The van der Waals surface area contributed by atoms with E-state index in [-0.39, 0.29) is 5.91 Å². The first-order valence-corrected chi connectivity index (χ1v) is 7.68. The van der Waals surface area contributed by atoms with Gasteiger partial charge in [0.1, 0.15) is 5.69 Å². The fraction of sp³-hybridized carbons (Fsp3) is 0.333. The van der Waals surface area contributed by atoms with Crippen LogP contribution < -0.4 is 4.90 Å². The smallest absolute Gasteiger partial charge is 0.273 e. The lowest BCUT2D eigenvalue weighted by molar-refractivity contribution is 0.0741. The van der Waals surface area contributed by atoms with Gasteiger partial charge in [-0.1, -0.05) is 18.2 Å². The first kappa shape index (κ1) is 13.1. The highest BCUT2D eigenvalue weighted by Gasteiger charge is 2.23. The van der Waals surface area contributed by atoms with Crippen molar-refractivity contribution in [2.75, 3.05) is 31.1 Å². The lowest BCUT2D eigenvalue weighted by Gasteiger charge is -2.36. The summed E-state index contributed by atoms with van der Waals surface area (Å²) < 4.78 is 0. The number of carbonyl (C=O) groups excluding carboxylic acids is 1. The van der Waals surface area contributed by atoms with E-state index in [0.29, 0.717) is 5.69 Å². The van der Waals surface area contributed by atoms with Crippen molar-refractivity contribution in [3.8, 4) is 0 Å². The van der Waals surface area contributed by atoms with Gasteiger partial charge in [-0.15, -0.1) is 11.3 Å². The molecule has 0 saturated carbocycles. The van der Waals surface area contributed by atoms with Gasteiger partial charge in [0.15, 0.2) is 0 Å². The van der Waals surface area contributed by atoms with E-state index in [1.807, 2.05) is 10.3 Å². The van der Waals surface area contributed by atoms with E-state index in [2.05, 4.69) is 41.1 Å². The summed E-state index contributed by atoms with van der Waals surface area (Å²) in [6, 6.07) is 8.39. The molecule has 1 aliphatic heterocycles. The van der Waals surface area contributed by atoms with Crippen LogP contribution in [0.25, 0.3) is 0 Å². The Morgan fingerprint density at radius 2 is 1.95 bits per heavy atom. The van der Waals surface area contributed by atoms with Crippen LogP contribution >= 0.6 is 11.3 Å². The maximum Gasteiger partial charge on any atom is 0.273 e. The Morgan fingerprint density at radius 3 is 2.60 bits per heavy atom. The molecule has 0 unspecified atom stereocenters. The summed E-state index contributed by atoms with van der Waals surface area (Å²) in [5.74, 6) is 0.0516. The largest absolute Gasteiger partial charge is 0.368 e. The lowest BCUT2D eigenvalue weighted by Crippen LogP contribution is -2.49. The molecule has 0 atom stereocenters. The number of hydrogen-bond acceptors (Lipinski definition) is 4. The number of amides is 1. The highest BCUT2D eigenvalue weighted by molar-refractivity contribution is 7.07. The molecule has 0 radical (unpaired) electrons. The Balaban J connectivity index is 1.65. The number of benzene rings is 1. The standard InChI is InChI=1S/C15H17N3OS/c1-12-4-2-3-5-14(12)17-6-8-18(9-7-17)15(19)13-10-20-11-16-13/h2-5,10-11H,6-9H2,1H3. The molecule has 0 N–H and O–H groups in total. The number of rotatable bonds is 2. The molecule has 2 heterocycles. The van der Waals surface area contributed by atoms with Crippen LogP contribution in [0.2, 0.25) is 0 Å². The molecular weight excluding hydrogens is 270 g/mol. The second kappa shape index (κ2) is 5.63. The summed E-state index contributed by atoms with van der Waals surface area (Å²) in [6.07, 6.45) is 0. The Kier molecular flexibility index (Phi) is 3.69. The van der Waals surface area contributed by atoms with E-state index in [0.717, 1.165) is 26.2 Å². The average Bonchev–Trinajstić information content (AvgIpc) is 3.01. The first-order valence-electron chi connectivity index (χ1n) is 6.74. The number of para-hydroxylation sites is 1. The second-order valence-electron chi connectivity index (χ2n) is 4.94. The van der Waals surface area contributed by atoms with Crippen LogP contribution in [0.3, 0.4) is 0 Å². The van der Waals surface area contributed by atoms with Crippen molar-refractivity contribution in [3.63, 3.8) is 0 Å². The van der Waals surface area contributed by atoms with Gasteiger partial charge < -0.3 is 9.80 Å². The second-order valence-corrected chi connectivity index (χ2v) is 5.66. The van der Waals surface area contributed by atoms with Crippen LogP contribution in [0, 0.1) is 6.92 Å². The molecule has 1 aromatic heterocycles. The van der Waals surface area contributed by atoms with E-state index in [1.54, 1.807) is 5.51 Å². The first-order chi connectivity index (χ1) is 9.75. The third-order valence-corrected chi connectivity index (χ3v) is 4.26. The quantitative estimate of drug-likeness (QED) is 0.851. The molecule has 20 heavy (non-hydrogen) atoms. The Hall–Kier alpha value is -1.88. The van der Waals surface area contributed by atoms with Crippen LogP contribution in [-0.4, -0.2) is 42.0 Å². The molecule has 0 spiro atoms. The summed E-state index contributed by atoms with van der Waals surface area (Å²) in [7, 11) is 0. The van der Waals surface area contributed by atoms with Crippen LogP contribution in [0.4, 0.5) is 5.69 Å². The molecule has 2 aromatic rings. The number of nitrogens with zero attached hydrogens (tertiary/aromatic N) is 3. The van der Waals surface area contributed by atoms with Gasteiger partial charge in [0.05, 0.1) is 5.51 Å². The van der Waals surface area contributed by atoms with Crippen molar-refractivity contribution in [3.05, 3.63) is 46.4 Å². The molecular formula is C15H17N3OS. The fourth-order valence-electron chi connectivity index (χ4n) is 2.55. The van der Waals surface area contributed by atoms with Crippen LogP contribution in [0.5, 0.6) is 0 Å². The molecule has 5 heteroatoms. The number of aryl methyl sites for hydroxylation is 1. The van der Waals surface area contributed by atoms with E-state index in [1.165, 1.54) is 22.6 Å². The van der Waals surface area contributed by atoms with Crippen molar-refractivity contribution in [2.45, 2.75) is 6.92 Å². The van der Waals surface area contributed by atoms with Crippen LogP contribution in [0.1, 0.15) is 16.1 Å². The number of thiazole rings is 1. The lowest BCUT2D eigenvalue weighted by atomic mass is 10.1. The van der Waals surface area contributed by atoms with E-state index >= 15 is 0 Å². The minimum Gasteiger partial charge on any atom is -0.368 e. The van der Waals surface area contributed by atoms with Crippen LogP contribution in [0.15, 0.2) is 35.2 Å².